The van der Waals surface area contributed by atoms with Crippen molar-refractivity contribution in [2.75, 3.05) is 18.5 Å². The van der Waals surface area contributed by atoms with Crippen LogP contribution in [0, 0.1) is 13.8 Å². The number of rotatable bonds is 9. The van der Waals surface area contributed by atoms with E-state index in [0.29, 0.717) is 40.8 Å². The van der Waals surface area contributed by atoms with E-state index in [0.717, 1.165) is 22.5 Å². The Hall–Kier alpha value is -3.91. The molecule has 2 aromatic carbocycles. The Morgan fingerprint density at radius 1 is 1.09 bits per heavy atom. The molecule has 4 aromatic rings. The van der Waals surface area contributed by atoms with Crippen LogP contribution in [0.5, 0.6) is 5.88 Å². The predicted molar refractivity (Wildman–Crippen MR) is 136 cm³/mol. The highest BCUT2D eigenvalue weighted by Crippen LogP contribution is 2.33. The molecule has 2 aromatic heterocycles. The molecule has 2 N–H and O–H groups in total. The summed E-state index contributed by atoms with van der Waals surface area (Å²) in [6, 6.07) is 13.1. The third-order valence-electron chi connectivity index (χ3n) is 5.50. The Kier molecular flexibility index (Phi) is 7.31. The molecular formula is C26H26ClN5O3. The summed E-state index contributed by atoms with van der Waals surface area (Å²) >= 11 is 6.35. The Labute approximate surface area is 208 Å². The molecule has 8 nitrogen and oxygen atoms in total. The molecule has 9 heteroatoms. The number of carboxylic acids is 1. The van der Waals surface area contributed by atoms with Crippen molar-refractivity contribution in [3.63, 3.8) is 0 Å². The van der Waals surface area contributed by atoms with E-state index >= 15 is 0 Å². The molecule has 0 aliphatic carbocycles. The van der Waals surface area contributed by atoms with E-state index < -0.39 is 5.97 Å². The summed E-state index contributed by atoms with van der Waals surface area (Å²) in [5.41, 5.74) is 5.00. The van der Waals surface area contributed by atoms with Crippen LogP contribution in [0.4, 0.5) is 5.82 Å². The fourth-order valence-electron chi connectivity index (χ4n) is 3.64. The fraction of sp³-hybridized carbons (Fsp3) is 0.231. The van der Waals surface area contributed by atoms with Crippen molar-refractivity contribution >= 4 is 23.4 Å². The molecule has 180 valence electrons. The van der Waals surface area contributed by atoms with Gasteiger partial charge in [0.25, 0.3) is 0 Å². The van der Waals surface area contributed by atoms with Crippen LogP contribution in [-0.2, 0) is 6.42 Å². The van der Waals surface area contributed by atoms with Crippen molar-refractivity contribution in [2.24, 2.45) is 0 Å². The van der Waals surface area contributed by atoms with Crippen LogP contribution in [-0.4, -0.2) is 44.0 Å². The second-order valence-electron chi connectivity index (χ2n) is 8.09. The van der Waals surface area contributed by atoms with Crippen molar-refractivity contribution in [1.29, 1.82) is 0 Å². The molecule has 0 atom stereocenters. The van der Waals surface area contributed by atoms with Gasteiger partial charge in [0.15, 0.2) is 0 Å². The van der Waals surface area contributed by atoms with Crippen molar-refractivity contribution in [1.82, 2.24) is 19.7 Å². The van der Waals surface area contributed by atoms with Gasteiger partial charge in [0.05, 0.1) is 29.1 Å². The summed E-state index contributed by atoms with van der Waals surface area (Å²) in [6.45, 7) is 6.58. The van der Waals surface area contributed by atoms with Gasteiger partial charge in [-0.05, 0) is 38.5 Å². The number of aromatic carboxylic acids is 1. The first-order valence-electron chi connectivity index (χ1n) is 11.2. The Morgan fingerprint density at radius 3 is 2.54 bits per heavy atom. The van der Waals surface area contributed by atoms with Crippen LogP contribution in [0.2, 0.25) is 5.02 Å². The van der Waals surface area contributed by atoms with E-state index in [4.69, 9.17) is 16.3 Å². The molecular weight excluding hydrogens is 466 g/mol. The Bertz CT molecular complexity index is 1350. The average molecular weight is 492 g/mol. The molecule has 0 radical (unpaired) electrons. The van der Waals surface area contributed by atoms with Crippen LogP contribution < -0.4 is 10.1 Å². The van der Waals surface area contributed by atoms with E-state index in [-0.39, 0.29) is 12.2 Å². The number of nitrogens with one attached hydrogen (secondary N) is 1. The van der Waals surface area contributed by atoms with Gasteiger partial charge in [0.1, 0.15) is 23.8 Å². The number of anilines is 1. The SMILES string of the molecule is CCc1ncnc(NCCOc2nn(-c3ccc(C)cc3)cc2-c2cc(C)ccc2C(=O)O)c1Cl. The van der Waals surface area contributed by atoms with E-state index in [1.807, 2.05) is 51.1 Å². The van der Waals surface area contributed by atoms with Gasteiger partial charge in [-0.15, -0.1) is 5.10 Å². The van der Waals surface area contributed by atoms with Crippen LogP contribution >= 0.6 is 11.6 Å². The third kappa shape index (κ3) is 5.44. The van der Waals surface area contributed by atoms with E-state index in [1.54, 1.807) is 23.0 Å². The lowest BCUT2D eigenvalue weighted by molar-refractivity contribution is 0.0697. The van der Waals surface area contributed by atoms with Crippen LogP contribution in [0.3, 0.4) is 0 Å². The van der Waals surface area contributed by atoms with Gasteiger partial charge in [-0.1, -0.05) is 53.9 Å². The second kappa shape index (κ2) is 10.6. The molecule has 4 rings (SSSR count). The van der Waals surface area contributed by atoms with E-state index in [1.165, 1.54) is 6.33 Å². The highest BCUT2D eigenvalue weighted by molar-refractivity contribution is 6.33. The minimum atomic E-state index is -1.01. The number of hydrogen-bond acceptors (Lipinski definition) is 6. The standard InChI is InChI=1S/C26H26ClN5O3/c1-4-22-23(27)24(30-15-29-22)28-11-12-35-25-21(20-13-17(3)7-10-19(20)26(33)34)14-32(31-25)18-8-5-16(2)6-9-18/h5-10,13-15H,4,11-12H2,1-3H3,(H,33,34)(H,28,29,30). The van der Waals surface area contributed by atoms with Crippen molar-refractivity contribution < 1.29 is 14.6 Å². The number of ether oxygens (including phenoxy) is 1. The first-order chi connectivity index (χ1) is 16.9. The normalized spacial score (nSPS) is 10.9. The van der Waals surface area contributed by atoms with Crippen LogP contribution in [0.15, 0.2) is 55.0 Å². The molecule has 0 saturated heterocycles. The maximum absolute atomic E-state index is 11.9. The summed E-state index contributed by atoms with van der Waals surface area (Å²) in [5.74, 6) is -0.135. The van der Waals surface area contributed by atoms with Gasteiger partial charge < -0.3 is 15.2 Å². The Morgan fingerprint density at radius 2 is 1.83 bits per heavy atom. The number of carboxylic acid groups (broad SMARTS) is 1. The first kappa shape index (κ1) is 24.2. The number of aryl methyl sites for hydroxylation is 3. The van der Waals surface area contributed by atoms with Gasteiger partial charge in [-0.3, -0.25) is 0 Å². The quantitative estimate of drug-likeness (QED) is 0.304. The lowest BCUT2D eigenvalue weighted by atomic mass is 9.99. The topological polar surface area (TPSA) is 102 Å². The monoisotopic (exact) mass is 491 g/mol. The average Bonchev–Trinajstić information content (AvgIpc) is 3.27. The number of carbonyl (C=O) groups is 1. The highest BCUT2D eigenvalue weighted by Gasteiger charge is 2.20. The molecule has 35 heavy (non-hydrogen) atoms. The molecule has 0 aliphatic rings. The number of aromatic nitrogens is 4. The highest BCUT2D eigenvalue weighted by atomic mass is 35.5. The largest absolute Gasteiger partial charge is 0.478 e. The minimum Gasteiger partial charge on any atom is -0.478 e. The van der Waals surface area contributed by atoms with E-state index in [2.05, 4.69) is 20.4 Å². The maximum Gasteiger partial charge on any atom is 0.336 e. The lowest BCUT2D eigenvalue weighted by Gasteiger charge is -2.11. The van der Waals surface area contributed by atoms with Crippen molar-refractivity contribution in [2.45, 2.75) is 27.2 Å². The van der Waals surface area contributed by atoms with Crippen molar-refractivity contribution in [3.8, 4) is 22.7 Å². The van der Waals surface area contributed by atoms with Gasteiger partial charge >= 0.3 is 5.97 Å². The molecule has 0 bridgehead atoms. The molecule has 0 saturated carbocycles. The first-order valence-corrected chi connectivity index (χ1v) is 11.6. The summed E-state index contributed by atoms with van der Waals surface area (Å²) in [5, 5.41) is 18.1. The van der Waals surface area contributed by atoms with Gasteiger partial charge in [0, 0.05) is 11.8 Å². The summed E-state index contributed by atoms with van der Waals surface area (Å²) in [7, 11) is 0. The number of nitrogens with zero attached hydrogens (tertiary/aromatic N) is 4. The molecule has 0 aliphatic heterocycles. The number of hydrogen-bond donors (Lipinski definition) is 2. The van der Waals surface area contributed by atoms with Gasteiger partial charge in [-0.2, -0.15) is 0 Å². The van der Waals surface area contributed by atoms with Crippen LogP contribution in [0.25, 0.3) is 16.8 Å². The zero-order valence-corrected chi connectivity index (χ0v) is 20.5. The summed E-state index contributed by atoms with van der Waals surface area (Å²) in [4.78, 5) is 20.3. The third-order valence-corrected chi connectivity index (χ3v) is 5.90. The van der Waals surface area contributed by atoms with Gasteiger partial charge in [0.2, 0.25) is 5.88 Å². The predicted octanol–water partition coefficient (Wildman–Crippen LogP) is 5.35. The van der Waals surface area contributed by atoms with E-state index in [9.17, 15) is 9.90 Å². The second-order valence-corrected chi connectivity index (χ2v) is 8.47. The molecule has 2 heterocycles. The molecule has 0 fully saturated rings. The summed E-state index contributed by atoms with van der Waals surface area (Å²) < 4.78 is 7.73. The molecule has 0 unspecified atom stereocenters. The summed E-state index contributed by atoms with van der Waals surface area (Å²) in [6.07, 6.45) is 3.97. The Balaban J connectivity index is 1.62. The smallest absolute Gasteiger partial charge is 0.336 e. The lowest BCUT2D eigenvalue weighted by Crippen LogP contribution is -2.14. The maximum atomic E-state index is 11.9. The fourth-order valence-corrected chi connectivity index (χ4v) is 3.94. The molecule has 0 spiro atoms. The zero-order valence-electron chi connectivity index (χ0n) is 19.7. The molecule has 0 amide bonds. The zero-order chi connectivity index (χ0) is 24.9. The van der Waals surface area contributed by atoms with Crippen LogP contribution in [0.1, 0.15) is 34.1 Å². The minimum absolute atomic E-state index is 0.182. The van der Waals surface area contributed by atoms with Gasteiger partial charge in [-0.25, -0.2) is 19.4 Å². The van der Waals surface area contributed by atoms with Crippen molar-refractivity contribution in [3.05, 3.63) is 82.4 Å². The number of benzene rings is 2. The number of halogens is 1.